The first-order chi connectivity index (χ1) is 12.1. The summed E-state index contributed by atoms with van der Waals surface area (Å²) in [7, 11) is 0. The molecule has 0 saturated carbocycles. The van der Waals surface area contributed by atoms with Gasteiger partial charge in [-0.25, -0.2) is 0 Å². The van der Waals surface area contributed by atoms with Gasteiger partial charge in [-0.15, -0.1) is 0 Å². The Bertz CT molecular complexity index is 651. The van der Waals surface area contributed by atoms with Crippen molar-refractivity contribution in [3.8, 4) is 11.5 Å². The molecule has 1 amide bonds. The van der Waals surface area contributed by atoms with Gasteiger partial charge < -0.3 is 20.3 Å². The standard InChI is InChI=1S/C19H24N2O4/c1-2-19(18(20)23,25-17-11-7-4-8-12-17)21-13-15(22)14-24-16-9-5-3-6-10-16/h3-12,15,21-22H,2,13-14H2,1H3,(H2,20,23). The molecule has 0 fully saturated rings. The first-order valence-electron chi connectivity index (χ1n) is 8.20. The van der Waals surface area contributed by atoms with E-state index < -0.39 is 17.7 Å². The molecular weight excluding hydrogens is 320 g/mol. The molecule has 0 saturated heterocycles. The van der Waals surface area contributed by atoms with Gasteiger partial charge in [0, 0.05) is 13.0 Å². The van der Waals surface area contributed by atoms with Crippen molar-refractivity contribution >= 4 is 5.91 Å². The third kappa shape index (κ3) is 5.48. The quantitative estimate of drug-likeness (QED) is 0.570. The number of aliphatic hydroxyl groups excluding tert-OH is 1. The third-order valence-corrected chi connectivity index (χ3v) is 3.74. The normalized spacial score (nSPS) is 14.3. The van der Waals surface area contributed by atoms with Gasteiger partial charge in [-0.05, 0) is 24.3 Å². The number of ether oxygens (including phenoxy) is 2. The van der Waals surface area contributed by atoms with Crippen LogP contribution in [0.4, 0.5) is 0 Å². The number of primary amides is 1. The molecule has 0 aliphatic carbocycles. The number of nitrogens with one attached hydrogen (secondary N) is 1. The van der Waals surface area contributed by atoms with Crippen molar-refractivity contribution in [2.24, 2.45) is 5.73 Å². The fourth-order valence-electron chi connectivity index (χ4n) is 2.29. The van der Waals surface area contributed by atoms with Gasteiger partial charge in [-0.3, -0.25) is 10.1 Å². The van der Waals surface area contributed by atoms with Gasteiger partial charge in [-0.2, -0.15) is 0 Å². The molecule has 0 bridgehead atoms. The summed E-state index contributed by atoms with van der Waals surface area (Å²) >= 11 is 0. The maximum atomic E-state index is 12.0. The lowest BCUT2D eigenvalue weighted by Crippen LogP contribution is -2.61. The average Bonchev–Trinajstić information content (AvgIpc) is 2.65. The Balaban J connectivity index is 1.93. The number of benzene rings is 2. The fourth-order valence-corrected chi connectivity index (χ4v) is 2.29. The van der Waals surface area contributed by atoms with Crippen molar-refractivity contribution in [3.05, 3.63) is 60.7 Å². The van der Waals surface area contributed by atoms with Crippen molar-refractivity contribution in [3.63, 3.8) is 0 Å². The largest absolute Gasteiger partial charge is 0.491 e. The molecule has 0 aromatic heterocycles. The second kappa shape index (κ2) is 9.05. The molecule has 0 radical (unpaired) electrons. The number of aliphatic hydroxyl groups is 1. The van der Waals surface area contributed by atoms with Crippen LogP contribution in [0, 0.1) is 0 Å². The topological polar surface area (TPSA) is 93.8 Å². The molecule has 4 N–H and O–H groups in total. The number of hydrogen-bond acceptors (Lipinski definition) is 5. The smallest absolute Gasteiger partial charge is 0.277 e. The summed E-state index contributed by atoms with van der Waals surface area (Å²) in [5.74, 6) is 0.541. The fraction of sp³-hybridized carbons (Fsp3) is 0.316. The van der Waals surface area contributed by atoms with Gasteiger partial charge in [0.1, 0.15) is 24.2 Å². The summed E-state index contributed by atoms with van der Waals surface area (Å²) in [6.45, 7) is 1.96. The Morgan fingerprint density at radius 3 is 2.20 bits per heavy atom. The predicted molar refractivity (Wildman–Crippen MR) is 95.2 cm³/mol. The van der Waals surface area contributed by atoms with Crippen LogP contribution in [-0.2, 0) is 4.79 Å². The Kier molecular flexibility index (Phi) is 6.80. The Morgan fingerprint density at radius 2 is 1.68 bits per heavy atom. The lowest BCUT2D eigenvalue weighted by molar-refractivity contribution is -0.137. The molecular formula is C19H24N2O4. The number of para-hydroxylation sites is 2. The number of hydrogen-bond donors (Lipinski definition) is 3. The van der Waals surface area contributed by atoms with E-state index in [1.54, 1.807) is 43.3 Å². The predicted octanol–water partition coefficient (Wildman–Crippen LogP) is 1.69. The molecule has 2 atom stereocenters. The highest BCUT2D eigenvalue weighted by Gasteiger charge is 2.37. The van der Waals surface area contributed by atoms with Crippen molar-refractivity contribution in [2.75, 3.05) is 13.2 Å². The molecule has 2 aromatic rings. The van der Waals surface area contributed by atoms with Crippen LogP contribution >= 0.6 is 0 Å². The van der Waals surface area contributed by atoms with Crippen molar-refractivity contribution in [1.29, 1.82) is 0 Å². The lowest BCUT2D eigenvalue weighted by Gasteiger charge is -2.32. The zero-order valence-corrected chi connectivity index (χ0v) is 14.2. The molecule has 6 nitrogen and oxygen atoms in total. The molecule has 134 valence electrons. The summed E-state index contributed by atoms with van der Waals surface area (Å²) in [6.07, 6.45) is -0.520. The van der Waals surface area contributed by atoms with Crippen LogP contribution in [-0.4, -0.2) is 36.0 Å². The summed E-state index contributed by atoms with van der Waals surface area (Å²) in [5.41, 5.74) is 4.15. The van der Waals surface area contributed by atoms with Crippen LogP contribution in [0.15, 0.2) is 60.7 Å². The highest BCUT2D eigenvalue weighted by atomic mass is 16.5. The highest BCUT2D eigenvalue weighted by molar-refractivity contribution is 5.83. The molecule has 2 rings (SSSR count). The van der Waals surface area contributed by atoms with Gasteiger partial charge >= 0.3 is 0 Å². The van der Waals surface area contributed by atoms with Gasteiger partial charge in [0.05, 0.1) is 0 Å². The van der Waals surface area contributed by atoms with Gasteiger partial charge in [0.15, 0.2) is 0 Å². The number of amides is 1. The Labute approximate surface area is 147 Å². The van der Waals surface area contributed by atoms with Crippen LogP contribution in [0.5, 0.6) is 11.5 Å². The van der Waals surface area contributed by atoms with Crippen LogP contribution in [0.25, 0.3) is 0 Å². The molecule has 6 heteroatoms. The van der Waals surface area contributed by atoms with E-state index >= 15 is 0 Å². The monoisotopic (exact) mass is 344 g/mol. The minimum atomic E-state index is -1.39. The van der Waals surface area contributed by atoms with Crippen LogP contribution < -0.4 is 20.5 Å². The molecule has 2 aromatic carbocycles. The summed E-state index contributed by atoms with van der Waals surface area (Å²) in [5, 5.41) is 13.1. The van der Waals surface area contributed by atoms with E-state index in [0.29, 0.717) is 17.9 Å². The van der Waals surface area contributed by atoms with Crippen molar-refractivity contribution < 1.29 is 19.4 Å². The first-order valence-corrected chi connectivity index (χ1v) is 8.20. The lowest BCUT2D eigenvalue weighted by atomic mass is 10.1. The number of carbonyl (C=O) groups is 1. The molecule has 25 heavy (non-hydrogen) atoms. The summed E-state index contributed by atoms with van der Waals surface area (Å²) in [4.78, 5) is 12.0. The minimum Gasteiger partial charge on any atom is -0.491 e. The van der Waals surface area contributed by atoms with Crippen molar-refractivity contribution in [2.45, 2.75) is 25.2 Å². The summed E-state index contributed by atoms with van der Waals surface area (Å²) in [6, 6.07) is 18.1. The first kappa shape index (κ1) is 18.8. The zero-order chi connectivity index (χ0) is 18.1. The maximum absolute atomic E-state index is 12.0. The van der Waals surface area contributed by atoms with E-state index in [0.717, 1.165) is 0 Å². The van der Waals surface area contributed by atoms with E-state index in [-0.39, 0.29) is 13.2 Å². The van der Waals surface area contributed by atoms with E-state index in [1.807, 2.05) is 24.3 Å². The molecule has 0 spiro atoms. The zero-order valence-electron chi connectivity index (χ0n) is 14.2. The number of rotatable bonds is 10. The molecule has 0 heterocycles. The third-order valence-electron chi connectivity index (χ3n) is 3.74. The van der Waals surface area contributed by atoms with Gasteiger partial charge in [-0.1, -0.05) is 43.3 Å². The van der Waals surface area contributed by atoms with E-state index in [1.165, 1.54) is 0 Å². The van der Waals surface area contributed by atoms with Gasteiger partial charge in [0.25, 0.3) is 5.91 Å². The highest BCUT2D eigenvalue weighted by Crippen LogP contribution is 2.19. The molecule has 0 aliphatic rings. The van der Waals surface area contributed by atoms with E-state index in [9.17, 15) is 9.90 Å². The average molecular weight is 344 g/mol. The molecule has 0 aliphatic heterocycles. The van der Waals surface area contributed by atoms with Crippen molar-refractivity contribution in [1.82, 2.24) is 5.32 Å². The number of nitrogens with two attached hydrogens (primary N) is 1. The summed E-state index contributed by atoms with van der Waals surface area (Å²) < 4.78 is 11.3. The SMILES string of the molecule is CCC(NCC(O)COc1ccccc1)(Oc1ccccc1)C(N)=O. The molecule has 2 unspecified atom stereocenters. The second-order valence-corrected chi connectivity index (χ2v) is 5.62. The van der Waals surface area contributed by atoms with Gasteiger partial charge in [0.2, 0.25) is 5.72 Å². The van der Waals surface area contributed by atoms with Crippen LogP contribution in [0.1, 0.15) is 13.3 Å². The Hall–Kier alpha value is -2.57. The minimum absolute atomic E-state index is 0.0842. The maximum Gasteiger partial charge on any atom is 0.277 e. The van der Waals surface area contributed by atoms with E-state index in [4.69, 9.17) is 15.2 Å². The van der Waals surface area contributed by atoms with E-state index in [2.05, 4.69) is 5.32 Å². The van der Waals surface area contributed by atoms with Crippen LogP contribution in [0.2, 0.25) is 0 Å². The Morgan fingerprint density at radius 1 is 1.12 bits per heavy atom. The second-order valence-electron chi connectivity index (χ2n) is 5.62. The number of carbonyl (C=O) groups excluding carboxylic acids is 1. The van der Waals surface area contributed by atoms with Crippen LogP contribution in [0.3, 0.4) is 0 Å².